The van der Waals surface area contributed by atoms with Gasteiger partial charge in [-0.3, -0.25) is 5.32 Å². The van der Waals surface area contributed by atoms with Crippen molar-refractivity contribution in [1.82, 2.24) is 4.98 Å². The van der Waals surface area contributed by atoms with Gasteiger partial charge in [-0.1, -0.05) is 69.3 Å². The van der Waals surface area contributed by atoms with E-state index in [4.69, 9.17) is 9.41 Å². The van der Waals surface area contributed by atoms with Gasteiger partial charge in [0.15, 0.2) is 11.9 Å². The maximum absolute atomic E-state index is 16.0. The molecular weight excluding hydrogens is 524 g/mol. The van der Waals surface area contributed by atoms with Gasteiger partial charge in [0.1, 0.15) is 29.2 Å². The van der Waals surface area contributed by atoms with Crippen molar-refractivity contribution in [1.29, 1.82) is 0 Å². The maximum atomic E-state index is 16.0. The number of halogens is 2. The highest BCUT2D eigenvalue weighted by atomic mass is 28.4. The first-order valence-corrected chi connectivity index (χ1v) is 16.4. The fourth-order valence-electron chi connectivity index (χ4n) is 4.53. The van der Waals surface area contributed by atoms with Crippen LogP contribution < -0.4 is 14.3 Å². The Morgan fingerprint density at radius 1 is 0.950 bits per heavy atom. The minimum Gasteiger partial charge on any atom is -0.542 e. The van der Waals surface area contributed by atoms with Crippen LogP contribution in [0.25, 0.3) is 11.3 Å². The van der Waals surface area contributed by atoms with Gasteiger partial charge in [-0.2, -0.15) is 4.57 Å². The highest BCUT2D eigenvalue weighted by molar-refractivity contribution is 6.74. The van der Waals surface area contributed by atoms with Crippen LogP contribution in [-0.2, 0) is 12.8 Å². The van der Waals surface area contributed by atoms with Crippen LogP contribution in [0.4, 0.5) is 14.6 Å². The number of rotatable bonds is 7. The molecule has 0 spiro atoms. The molecule has 4 aromatic rings. The van der Waals surface area contributed by atoms with E-state index in [0.29, 0.717) is 30.0 Å². The zero-order chi connectivity index (χ0) is 28.7. The Bertz CT molecular complexity index is 1550. The molecule has 1 N–H and O–H groups in total. The van der Waals surface area contributed by atoms with E-state index in [1.165, 1.54) is 16.7 Å². The summed E-state index contributed by atoms with van der Waals surface area (Å²) in [4.78, 5) is 18.5. The van der Waals surface area contributed by atoms with Crippen LogP contribution >= 0.6 is 0 Å². The van der Waals surface area contributed by atoms with E-state index in [9.17, 15) is 9.18 Å². The van der Waals surface area contributed by atoms with E-state index in [1.807, 2.05) is 30.3 Å². The molecule has 3 aromatic carbocycles. The molecule has 1 aliphatic rings. The van der Waals surface area contributed by atoms with Crippen molar-refractivity contribution in [3.63, 3.8) is 0 Å². The Morgan fingerprint density at radius 3 is 2.33 bits per heavy atom. The van der Waals surface area contributed by atoms with Crippen molar-refractivity contribution in [2.24, 2.45) is 0 Å². The lowest BCUT2D eigenvalue weighted by molar-refractivity contribution is -0.552. The largest absolute Gasteiger partial charge is 0.542 e. The second-order valence-electron chi connectivity index (χ2n) is 11.8. The van der Waals surface area contributed by atoms with Crippen LogP contribution in [0.3, 0.4) is 0 Å². The van der Waals surface area contributed by atoms with Crippen molar-refractivity contribution in [3.8, 4) is 17.0 Å². The first-order valence-electron chi connectivity index (χ1n) is 13.5. The zero-order valence-electron chi connectivity index (χ0n) is 23.5. The second-order valence-corrected chi connectivity index (χ2v) is 16.5. The van der Waals surface area contributed by atoms with Gasteiger partial charge in [-0.05, 0) is 53.5 Å². The Morgan fingerprint density at radius 2 is 1.65 bits per heavy atom. The summed E-state index contributed by atoms with van der Waals surface area (Å²) in [6.45, 7) is 10.5. The number of hydrogen-bond donors (Lipinski definition) is 1. The van der Waals surface area contributed by atoms with Gasteiger partial charge < -0.3 is 4.43 Å². The molecule has 1 unspecified atom stereocenters. The first kappa shape index (κ1) is 27.6. The molecule has 1 aromatic heterocycles. The Labute approximate surface area is 235 Å². The summed E-state index contributed by atoms with van der Waals surface area (Å²) in [5.41, 5.74) is 3.11. The number of carbonyl (C=O) groups excluding carboxylic acids is 1. The van der Waals surface area contributed by atoms with Gasteiger partial charge in [-0.25, -0.2) is 18.6 Å². The number of fused-ring (bicyclic) bond motifs is 1. The normalized spacial score (nSPS) is 15.1. The third kappa shape index (κ3) is 5.54. The lowest BCUT2D eigenvalue weighted by Gasteiger charge is -2.36. The van der Waals surface area contributed by atoms with Crippen LogP contribution in [0.1, 0.15) is 42.4 Å². The number of nitrogens with zero attached hydrogens (tertiary/aromatic N) is 2. The Hall–Kier alpha value is -3.91. The van der Waals surface area contributed by atoms with Gasteiger partial charge in [0.2, 0.25) is 0 Å². The van der Waals surface area contributed by atoms with Crippen LogP contribution in [0, 0.1) is 11.6 Å². The van der Waals surface area contributed by atoms with E-state index >= 15 is 4.39 Å². The molecule has 5 nitrogen and oxygen atoms in total. The molecule has 0 fully saturated rings. The maximum Gasteiger partial charge on any atom is 0.359 e. The number of carbonyl (C=O) groups is 1. The van der Waals surface area contributed by atoms with Gasteiger partial charge in [0.05, 0.1) is 0 Å². The van der Waals surface area contributed by atoms with Crippen LogP contribution in [-0.4, -0.2) is 25.3 Å². The first-order chi connectivity index (χ1) is 18.9. The monoisotopic (exact) mass is 558 g/mol. The highest BCUT2D eigenvalue weighted by Gasteiger charge is 2.42. The molecule has 1 atom stereocenters. The minimum atomic E-state index is -2.29. The van der Waals surface area contributed by atoms with Gasteiger partial charge >= 0.3 is 11.7 Å². The van der Waals surface area contributed by atoms with Crippen molar-refractivity contribution < 1.29 is 22.6 Å². The van der Waals surface area contributed by atoms with Crippen molar-refractivity contribution in [2.45, 2.75) is 57.8 Å². The molecule has 0 saturated heterocycles. The smallest absolute Gasteiger partial charge is 0.359 e. The van der Waals surface area contributed by atoms with E-state index < -0.39 is 20.2 Å². The topological polar surface area (TPSA) is 55.1 Å². The molecule has 5 rings (SSSR count). The predicted octanol–water partition coefficient (Wildman–Crippen LogP) is 6.97. The van der Waals surface area contributed by atoms with Gasteiger partial charge in [-0.15, -0.1) is 0 Å². The summed E-state index contributed by atoms with van der Waals surface area (Å²) in [7, 11) is -2.29. The lowest BCUT2D eigenvalue weighted by atomic mass is 10.1. The summed E-state index contributed by atoms with van der Waals surface area (Å²) in [5, 5.41) is 3.23. The fraction of sp³-hybridized carbons (Fsp3) is 0.281. The van der Waals surface area contributed by atoms with Crippen LogP contribution in [0.2, 0.25) is 18.1 Å². The fourth-order valence-corrected chi connectivity index (χ4v) is 5.54. The number of anilines is 1. The molecule has 8 heteroatoms. The Kier molecular flexibility index (Phi) is 7.31. The number of nitrogens with one attached hydrogen (secondary N) is 1. The second kappa shape index (κ2) is 10.6. The molecule has 40 heavy (non-hydrogen) atoms. The van der Waals surface area contributed by atoms with Crippen LogP contribution in [0.5, 0.6) is 5.75 Å². The third-order valence-electron chi connectivity index (χ3n) is 7.85. The van der Waals surface area contributed by atoms with Gasteiger partial charge in [0, 0.05) is 18.4 Å². The standard InChI is InChI=1S/C32H33F2N3O2Si/c1-32(2,3)40(4,5)39-28-13-9-12-24(29(28)34)27-20-37-30(25(35-27)18-21-10-7-6-8-11-21)36-26(31(37)38)19-22-14-16-23(33)17-15-22/h6-17,20,26H,18-19H2,1-5H3/p+1. The summed E-state index contributed by atoms with van der Waals surface area (Å²) in [6.07, 6.45) is 2.43. The SMILES string of the molecule is CC(C)(C)[Si](C)(C)Oc1cccc(-c2c[n+]3c(c(Cc4ccccc4)n2)NC(Cc2ccc(F)cc2)C3=O)c1F. The molecule has 0 saturated carbocycles. The van der Waals surface area contributed by atoms with E-state index in [1.54, 1.807) is 36.5 Å². The zero-order valence-corrected chi connectivity index (χ0v) is 24.5. The quantitative estimate of drug-likeness (QED) is 0.197. The van der Waals surface area contributed by atoms with E-state index in [2.05, 4.69) is 39.2 Å². The summed E-state index contributed by atoms with van der Waals surface area (Å²) in [5.74, 6) is -0.218. The van der Waals surface area contributed by atoms with Crippen molar-refractivity contribution >= 4 is 20.0 Å². The Balaban J connectivity index is 1.55. The number of hydrogen-bond acceptors (Lipinski definition) is 4. The van der Waals surface area contributed by atoms with E-state index in [-0.39, 0.29) is 28.1 Å². The highest BCUT2D eigenvalue weighted by Crippen LogP contribution is 2.39. The molecule has 0 radical (unpaired) electrons. The summed E-state index contributed by atoms with van der Waals surface area (Å²) >= 11 is 0. The molecule has 0 amide bonds. The minimum absolute atomic E-state index is 0.0996. The predicted molar refractivity (Wildman–Crippen MR) is 155 cm³/mol. The molecule has 1 aliphatic heterocycles. The lowest BCUT2D eigenvalue weighted by Crippen LogP contribution is -2.44. The molecule has 0 bridgehead atoms. The molecule has 2 heterocycles. The summed E-state index contributed by atoms with van der Waals surface area (Å²) in [6, 6.07) is 20.5. The van der Waals surface area contributed by atoms with Gasteiger partial charge in [0.25, 0.3) is 8.32 Å². The van der Waals surface area contributed by atoms with Crippen molar-refractivity contribution in [3.05, 3.63) is 107 Å². The third-order valence-corrected chi connectivity index (χ3v) is 12.2. The average Bonchev–Trinajstić information content (AvgIpc) is 3.22. The molecular formula is C32H34F2N3O2Si+. The molecule has 206 valence electrons. The number of benzene rings is 3. The molecule has 0 aliphatic carbocycles. The van der Waals surface area contributed by atoms with E-state index in [0.717, 1.165) is 11.1 Å². The van der Waals surface area contributed by atoms with Crippen LogP contribution in [0.15, 0.2) is 79.0 Å². The number of aromatic nitrogens is 2. The summed E-state index contributed by atoms with van der Waals surface area (Å²) < 4.78 is 37.3. The average molecular weight is 559 g/mol. The van der Waals surface area contributed by atoms with Crippen molar-refractivity contribution in [2.75, 3.05) is 5.32 Å².